The molecule has 4 nitrogen and oxygen atoms in total. The van der Waals surface area contributed by atoms with Gasteiger partial charge in [0, 0.05) is 42.2 Å². The van der Waals surface area contributed by atoms with Crippen LogP contribution in [0.4, 0.5) is 5.69 Å². The van der Waals surface area contributed by atoms with Crippen molar-refractivity contribution in [3.8, 4) is 0 Å². The van der Waals surface area contributed by atoms with Crippen LogP contribution in [0.25, 0.3) is 0 Å². The molecule has 0 bridgehead atoms. The minimum atomic E-state index is 0.397. The summed E-state index contributed by atoms with van der Waals surface area (Å²) >= 11 is 0. The first-order chi connectivity index (χ1) is 9.70. The molecule has 2 aromatic rings. The third-order valence-electron chi connectivity index (χ3n) is 3.15. The van der Waals surface area contributed by atoms with Crippen LogP contribution in [0.2, 0.25) is 0 Å². The lowest BCUT2D eigenvalue weighted by Gasteiger charge is -2.11. The van der Waals surface area contributed by atoms with Gasteiger partial charge < -0.3 is 10.1 Å². The predicted molar refractivity (Wildman–Crippen MR) is 81.7 cm³/mol. The predicted octanol–water partition coefficient (Wildman–Crippen LogP) is 3.61. The molecule has 0 amide bonds. The first kappa shape index (κ1) is 14.6. The lowest BCUT2D eigenvalue weighted by Crippen LogP contribution is -2.03. The zero-order chi connectivity index (χ0) is 14.4. The first-order valence-corrected chi connectivity index (χ1v) is 7.13. The summed E-state index contributed by atoms with van der Waals surface area (Å²) in [7, 11) is 0. The van der Waals surface area contributed by atoms with Gasteiger partial charge in [0.05, 0.1) is 12.8 Å². The van der Waals surface area contributed by atoms with Crippen molar-refractivity contribution in [1.29, 1.82) is 0 Å². The zero-order valence-corrected chi connectivity index (χ0v) is 12.5. The van der Waals surface area contributed by atoms with Crippen LogP contribution in [0.15, 0.2) is 36.7 Å². The zero-order valence-electron chi connectivity index (χ0n) is 12.5. The molecule has 0 aliphatic carbocycles. The topological polar surface area (TPSA) is 39.1 Å². The fourth-order valence-electron chi connectivity index (χ4n) is 1.98. The second-order valence-electron chi connectivity index (χ2n) is 5.07. The van der Waals surface area contributed by atoms with E-state index in [1.807, 2.05) is 29.9 Å². The minimum absolute atomic E-state index is 0.397. The molecular formula is C16H23N3O. The molecule has 4 heteroatoms. The van der Waals surface area contributed by atoms with Gasteiger partial charge in [0.1, 0.15) is 0 Å². The normalized spacial score (nSPS) is 11.0. The molecule has 0 saturated carbocycles. The van der Waals surface area contributed by atoms with E-state index >= 15 is 0 Å². The number of anilines is 1. The molecule has 108 valence electrons. The summed E-state index contributed by atoms with van der Waals surface area (Å²) in [5, 5.41) is 7.81. The second-order valence-corrected chi connectivity index (χ2v) is 5.07. The number of rotatable bonds is 7. The van der Waals surface area contributed by atoms with E-state index in [4.69, 9.17) is 4.74 Å². The van der Waals surface area contributed by atoms with Crippen molar-refractivity contribution in [3.05, 3.63) is 47.8 Å². The SMILES string of the molecule is CCOCc1ccccc1NCc1cnn(C(C)C)c1. The van der Waals surface area contributed by atoms with Crippen molar-refractivity contribution >= 4 is 5.69 Å². The highest BCUT2D eigenvalue weighted by Gasteiger charge is 2.04. The van der Waals surface area contributed by atoms with Crippen molar-refractivity contribution in [3.63, 3.8) is 0 Å². The first-order valence-electron chi connectivity index (χ1n) is 7.13. The fourth-order valence-corrected chi connectivity index (χ4v) is 1.98. The largest absolute Gasteiger partial charge is 0.381 e. The van der Waals surface area contributed by atoms with E-state index in [1.165, 1.54) is 11.1 Å². The summed E-state index contributed by atoms with van der Waals surface area (Å²) < 4.78 is 7.47. The van der Waals surface area contributed by atoms with Gasteiger partial charge in [0.2, 0.25) is 0 Å². The van der Waals surface area contributed by atoms with Gasteiger partial charge in [-0.25, -0.2) is 0 Å². The van der Waals surface area contributed by atoms with Gasteiger partial charge in [-0.2, -0.15) is 5.10 Å². The molecule has 1 N–H and O–H groups in total. The summed E-state index contributed by atoms with van der Waals surface area (Å²) in [4.78, 5) is 0. The Morgan fingerprint density at radius 3 is 2.80 bits per heavy atom. The van der Waals surface area contributed by atoms with E-state index in [-0.39, 0.29) is 0 Å². The number of hydrogen-bond donors (Lipinski definition) is 1. The monoisotopic (exact) mass is 273 g/mol. The summed E-state index contributed by atoms with van der Waals surface area (Å²) in [6.07, 6.45) is 4.00. The Kier molecular flexibility index (Phi) is 5.18. The van der Waals surface area contributed by atoms with Crippen molar-refractivity contribution in [2.75, 3.05) is 11.9 Å². The van der Waals surface area contributed by atoms with Gasteiger partial charge in [-0.3, -0.25) is 4.68 Å². The molecule has 0 spiro atoms. The number of hydrogen-bond acceptors (Lipinski definition) is 3. The van der Waals surface area contributed by atoms with Crippen LogP contribution in [0.3, 0.4) is 0 Å². The van der Waals surface area contributed by atoms with Crippen molar-refractivity contribution < 1.29 is 4.74 Å². The van der Waals surface area contributed by atoms with Crippen molar-refractivity contribution in [2.24, 2.45) is 0 Å². The fraction of sp³-hybridized carbons (Fsp3) is 0.438. The number of ether oxygens (including phenoxy) is 1. The van der Waals surface area contributed by atoms with Crippen LogP contribution in [0, 0.1) is 0 Å². The van der Waals surface area contributed by atoms with Gasteiger partial charge in [-0.1, -0.05) is 18.2 Å². The quantitative estimate of drug-likeness (QED) is 0.837. The molecule has 2 rings (SSSR count). The van der Waals surface area contributed by atoms with Crippen LogP contribution in [0.5, 0.6) is 0 Å². The number of nitrogens with one attached hydrogen (secondary N) is 1. The average molecular weight is 273 g/mol. The molecule has 0 aliphatic heterocycles. The molecule has 0 saturated heterocycles. The Labute approximate surface area is 120 Å². The Hall–Kier alpha value is -1.81. The summed E-state index contributed by atoms with van der Waals surface area (Å²) in [5.41, 5.74) is 3.49. The Morgan fingerprint density at radius 2 is 2.10 bits per heavy atom. The smallest absolute Gasteiger partial charge is 0.0736 e. The van der Waals surface area contributed by atoms with E-state index in [0.29, 0.717) is 12.6 Å². The van der Waals surface area contributed by atoms with Crippen molar-refractivity contribution in [2.45, 2.75) is 40.0 Å². The molecular weight excluding hydrogens is 250 g/mol. The molecule has 1 aromatic carbocycles. The number of benzene rings is 1. The summed E-state index contributed by atoms with van der Waals surface area (Å²) in [6.45, 7) is 8.41. The maximum atomic E-state index is 5.49. The van der Waals surface area contributed by atoms with E-state index in [2.05, 4.69) is 42.6 Å². The van der Waals surface area contributed by atoms with Crippen LogP contribution in [-0.2, 0) is 17.9 Å². The molecule has 1 heterocycles. The molecule has 0 radical (unpaired) electrons. The maximum absolute atomic E-state index is 5.49. The molecule has 0 unspecified atom stereocenters. The number of aromatic nitrogens is 2. The van der Waals surface area contributed by atoms with E-state index in [1.54, 1.807) is 0 Å². The highest BCUT2D eigenvalue weighted by molar-refractivity contribution is 5.51. The second kappa shape index (κ2) is 7.10. The van der Waals surface area contributed by atoms with Gasteiger partial charge in [-0.05, 0) is 26.8 Å². The minimum Gasteiger partial charge on any atom is -0.381 e. The maximum Gasteiger partial charge on any atom is 0.0736 e. The van der Waals surface area contributed by atoms with Gasteiger partial charge in [-0.15, -0.1) is 0 Å². The summed E-state index contributed by atoms with van der Waals surface area (Å²) in [6, 6.07) is 8.65. The number of para-hydroxylation sites is 1. The van der Waals surface area contributed by atoms with Crippen LogP contribution in [0.1, 0.15) is 37.9 Å². The third kappa shape index (κ3) is 3.84. The van der Waals surface area contributed by atoms with Crippen LogP contribution >= 0.6 is 0 Å². The highest BCUT2D eigenvalue weighted by Crippen LogP contribution is 2.17. The molecule has 0 atom stereocenters. The average Bonchev–Trinajstić information content (AvgIpc) is 2.93. The van der Waals surface area contributed by atoms with Gasteiger partial charge in [0.25, 0.3) is 0 Å². The Balaban J connectivity index is 1.99. The van der Waals surface area contributed by atoms with Gasteiger partial charge >= 0.3 is 0 Å². The van der Waals surface area contributed by atoms with Crippen LogP contribution in [-0.4, -0.2) is 16.4 Å². The summed E-state index contributed by atoms with van der Waals surface area (Å²) in [5.74, 6) is 0. The lowest BCUT2D eigenvalue weighted by molar-refractivity contribution is 0.134. The van der Waals surface area contributed by atoms with E-state index < -0.39 is 0 Å². The highest BCUT2D eigenvalue weighted by atomic mass is 16.5. The van der Waals surface area contributed by atoms with Crippen LogP contribution < -0.4 is 5.32 Å². The molecule has 0 aliphatic rings. The van der Waals surface area contributed by atoms with E-state index in [0.717, 1.165) is 18.8 Å². The van der Waals surface area contributed by atoms with Crippen molar-refractivity contribution in [1.82, 2.24) is 9.78 Å². The number of nitrogens with zero attached hydrogens (tertiary/aromatic N) is 2. The molecule has 1 aromatic heterocycles. The lowest BCUT2D eigenvalue weighted by atomic mass is 10.2. The van der Waals surface area contributed by atoms with E-state index in [9.17, 15) is 0 Å². The molecule has 20 heavy (non-hydrogen) atoms. The third-order valence-corrected chi connectivity index (χ3v) is 3.15. The van der Waals surface area contributed by atoms with Gasteiger partial charge in [0.15, 0.2) is 0 Å². The molecule has 0 fully saturated rings. The standard InChI is InChI=1S/C16H23N3O/c1-4-20-12-15-7-5-6-8-16(15)17-9-14-10-18-19(11-14)13(2)3/h5-8,10-11,13,17H,4,9,12H2,1-3H3. The Bertz CT molecular complexity index is 534. The Morgan fingerprint density at radius 1 is 1.30 bits per heavy atom.